The lowest BCUT2D eigenvalue weighted by Crippen LogP contribution is -2.30. The van der Waals surface area contributed by atoms with Gasteiger partial charge >= 0.3 is 0 Å². The minimum absolute atomic E-state index is 0.205. The van der Waals surface area contributed by atoms with Crippen LogP contribution in [0.2, 0.25) is 0 Å². The molecule has 68 valence electrons. The van der Waals surface area contributed by atoms with Crippen molar-refractivity contribution in [2.45, 2.75) is 11.8 Å². The zero-order valence-electron chi connectivity index (χ0n) is 6.90. The summed E-state index contributed by atoms with van der Waals surface area (Å²) in [6.45, 7) is 0. The van der Waals surface area contributed by atoms with Crippen molar-refractivity contribution in [2.24, 2.45) is 11.7 Å². The zero-order chi connectivity index (χ0) is 9.47. The Kier molecular flexibility index (Phi) is 1.73. The number of carbonyl (C=O) groups excluding carboxylic acids is 2. The van der Waals surface area contributed by atoms with Crippen molar-refractivity contribution in [2.75, 3.05) is 0 Å². The van der Waals surface area contributed by atoms with Crippen molar-refractivity contribution in [3.63, 3.8) is 0 Å². The van der Waals surface area contributed by atoms with Crippen molar-refractivity contribution < 1.29 is 9.59 Å². The molecule has 1 heterocycles. The predicted molar refractivity (Wildman–Crippen MR) is 49.4 cm³/mol. The van der Waals surface area contributed by atoms with Gasteiger partial charge in [0.05, 0.1) is 5.41 Å². The maximum Gasteiger partial charge on any atom is 0.229 e. The lowest BCUT2D eigenvalue weighted by Gasteiger charge is -2.07. The minimum atomic E-state index is -0.671. The van der Waals surface area contributed by atoms with Crippen LogP contribution < -0.4 is 5.73 Å². The second-order valence-electron chi connectivity index (χ2n) is 3.26. The summed E-state index contributed by atoms with van der Waals surface area (Å²) in [5.41, 5.74) is 4.63. The molecule has 0 saturated heterocycles. The van der Waals surface area contributed by atoms with Crippen molar-refractivity contribution in [1.29, 1.82) is 0 Å². The van der Waals surface area contributed by atoms with E-state index in [9.17, 15) is 9.59 Å². The molecule has 13 heavy (non-hydrogen) atoms. The van der Waals surface area contributed by atoms with E-state index in [1.807, 2.05) is 17.5 Å². The molecule has 2 rings (SSSR count). The third-order valence-corrected chi connectivity index (χ3v) is 3.63. The van der Waals surface area contributed by atoms with Crippen LogP contribution in [0.15, 0.2) is 17.5 Å². The summed E-state index contributed by atoms with van der Waals surface area (Å²) in [5.74, 6) is -0.587. The predicted octanol–water partition coefficient (Wildman–Crippen LogP) is 0.690. The molecule has 1 saturated carbocycles. The van der Waals surface area contributed by atoms with Crippen molar-refractivity contribution >= 4 is 23.5 Å². The lowest BCUT2D eigenvalue weighted by atomic mass is 10.0. The van der Waals surface area contributed by atoms with Crippen LogP contribution in [0.3, 0.4) is 0 Å². The molecule has 3 nitrogen and oxygen atoms in total. The number of aldehydes is 1. The molecule has 0 radical (unpaired) electrons. The number of rotatable bonds is 3. The van der Waals surface area contributed by atoms with Crippen LogP contribution >= 0.6 is 11.3 Å². The first-order chi connectivity index (χ1) is 6.21. The Morgan fingerprint density at radius 2 is 2.54 bits per heavy atom. The minimum Gasteiger partial charge on any atom is -0.369 e. The van der Waals surface area contributed by atoms with E-state index < -0.39 is 5.41 Å². The molecule has 1 aromatic heterocycles. The number of primary amides is 1. The topological polar surface area (TPSA) is 60.2 Å². The smallest absolute Gasteiger partial charge is 0.229 e. The molecule has 0 bridgehead atoms. The first-order valence-corrected chi connectivity index (χ1v) is 4.89. The summed E-state index contributed by atoms with van der Waals surface area (Å²) in [4.78, 5) is 22.7. The number of hydrogen-bond donors (Lipinski definition) is 1. The summed E-state index contributed by atoms with van der Waals surface area (Å²) in [6, 6.07) is 3.73. The van der Waals surface area contributed by atoms with Gasteiger partial charge in [0.25, 0.3) is 0 Å². The highest BCUT2D eigenvalue weighted by Gasteiger charge is 2.60. The van der Waals surface area contributed by atoms with Gasteiger partial charge in [-0.2, -0.15) is 0 Å². The fraction of sp³-hybridized carbons (Fsp3) is 0.333. The Hall–Kier alpha value is -1.16. The third-order valence-electron chi connectivity index (χ3n) is 2.58. The molecule has 1 aliphatic rings. The normalized spacial score (nSPS) is 31.2. The Morgan fingerprint density at radius 3 is 2.92 bits per heavy atom. The van der Waals surface area contributed by atoms with Gasteiger partial charge < -0.3 is 10.5 Å². The van der Waals surface area contributed by atoms with Gasteiger partial charge in [-0.1, -0.05) is 6.07 Å². The highest BCUT2D eigenvalue weighted by atomic mass is 32.1. The Balaban J connectivity index is 2.38. The van der Waals surface area contributed by atoms with Gasteiger partial charge in [0.1, 0.15) is 6.29 Å². The summed E-state index contributed by atoms with van der Waals surface area (Å²) in [6.07, 6.45) is 1.40. The highest BCUT2D eigenvalue weighted by Crippen LogP contribution is 2.54. The van der Waals surface area contributed by atoms with E-state index in [0.717, 1.165) is 11.2 Å². The molecule has 2 N–H and O–H groups in total. The second-order valence-corrected chi connectivity index (χ2v) is 4.21. The number of nitrogens with two attached hydrogens (primary N) is 1. The highest BCUT2D eigenvalue weighted by molar-refractivity contribution is 7.10. The quantitative estimate of drug-likeness (QED) is 0.721. The van der Waals surface area contributed by atoms with Crippen LogP contribution in [0.1, 0.15) is 11.3 Å². The number of amides is 1. The molecule has 2 unspecified atom stereocenters. The number of thiophene rings is 1. The maximum absolute atomic E-state index is 11.2. The molecule has 1 aromatic rings. The zero-order valence-corrected chi connectivity index (χ0v) is 7.71. The Morgan fingerprint density at radius 1 is 1.77 bits per heavy atom. The standard InChI is InChI=1S/C9H9NO2S/c10-8(12)9(4-6(9)5-11)7-2-1-3-13-7/h1-3,5-6H,4H2,(H2,10,12). The van der Waals surface area contributed by atoms with Gasteiger partial charge in [0.2, 0.25) is 5.91 Å². The molecule has 1 amide bonds. The van der Waals surface area contributed by atoms with Crippen LogP contribution in [0.4, 0.5) is 0 Å². The Labute approximate surface area is 79.6 Å². The van der Waals surface area contributed by atoms with E-state index in [0.29, 0.717) is 6.42 Å². The van der Waals surface area contributed by atoms with Crippen LogP contribution in [0, 0.1) is 5.92 Å². The van der Waals surface area contributed by atoms with Gasteiger partial charge in [-0.25, -0.2) is 0 Å². The van der Waals surface area contributed by atoms with Gasteiger partial charge in [-0.3, -0.25) is 4.79 Å². The van der Waals surface area contributed by atoms with Crippen LogP contribution in [-0.4, -0.2) is 12.2 Å². The first-order valence-electron chi connectivity index (χ1n) is 4.01. The fourth-order valence-corrected chi connectivity index (χ4v) is 2.68. The maximum atomic E-state index is 11.2. The summed E-state index contributed by atoms with van der Waals surface area (Å²) < 4.78 is 0. The first kappa shape index (κ1) is 8.44. The Bertz CT molecular complexity index is 347. The molecule has 4 heteroatoms. The van der Waals surface area contributed by atoms with Crippen LogP contribution in [0.25, 0.3) is 0 Å². The molecular formula is C9H9NO2S. The van der Waals surface area contributed by atoms with Gasteiger partial charge in [-0.05, 0) is 17.9 Å². The van der Waals surface area contributed by atoms with Crippen molar-refractivity contribution in [3.05, 3.63) is 22.4 Å². The van der Waals surface area contributed by atoms with Crippen LogP contribution in [0.5, 0.6) is 0 Å². The van der Waals surface area contributed by atoms with Gasteiger partial charge in [0.15, 0.2) is 0 Å². The molecule has 0 aliphatic heterocycles. The van der Waals surface area contributed by atoms with E-state index in [4.69, 9.17) is 5.73 Å². The average Bonchev–Trinajstić information content (AvgIpc) is 2.62. The summed E-state index contributed by atoms with van der Waals surface area (Å²) in [7, 11) is 0. The van der Waals surface area contributed by atoms with Crippen molar-refractivity contribution in [3.8, 4) is 0 Å². The monoisotopic (exact) mass is 195 g/mol. The SMILES string of the molecule is NC(=O)C1(c2cccs2)CC1C=O. The fourth-order valence-electron chi connectivity index (χ4n) is 1.67. The lowest BCUT2D eigenvalue weighted by molar-refractivity contribution is -0.122. The van der Waals surface area contributed by atoms with E-state index in [-0.39, 0.29) is 11.8 Å². The molecule has 1 fully saturated rings. The van der Waals surface area contributed by atoms with Gasteiger partial charge in [-0.15, -0.1) is 11.3 Å². The second kappa shape index (κ2) is 2.67. The van der Waals surface area contributed by atoms with Gasteiger partial charge in [0, 0.05) is 10.8 Å². The third kappa shape index (κ3) is 1.02. The molecular weight excluding hydrogens is 186 g/mol. The number of carbonyl (C=O) groups is 2. The summed E-state index contributed by atoms with van der Waals surface area (Å²) >= 11 is 1.48. The summed E-state index contributed by atoms with van der Waals surface area (Å²) in [5, 5.41) is 1.89. The molecule has 0 spiro atoms. The van der Waals surface area contributed by atoms with E-state index in [2.05, 4.69) is 0 Å². The van der Waals surface area contributed by atoms with Crippen LogP contribution in [-0.2, 0) is 15.0 Å². The van der Waals surface area contributed by atoms with Crippen molar-refractivity contribution in [1.82, 2.24) is 0 Å². The number of hydrogen-bond acceptors (Lipinski definition) is 3. The largest absolute Gasteiger partial charge is 0.369 e. The molecule has 2 atom stereocenters. The van der Waals surface area contributed by atoms with E-state index in [1.165, 1.54) is 11.3 Å². The molecule has 1 aliphatic carbocycles. The van der Waals surface area contributed by atoms with E-state index in [1.54, 1.807) is 0 Å². The molecule has 0 aromatic carbocycles. The average molecular weight is 195 g/mol. The van der Waals surface area contributed by atoms with E-state index >= 15 is 0 Å².